The summed E-state index contributed by atoms with van der Waals surface area (Å²) in [5.74, 6) is -0.156. The van der Waals surface area contributed by atoms with Crippen LogP contribution in [0.3, 0.4) is 0 Å². The summed E-state index contributed by atoms with van der Waals surface area (Å²) in [5, 5.41) is 0. The van der Waals surface area contributed by atoms with Gasteiger partial charge in [-0.15, -0.1) is 0 Å². The summed E-state index contributed by atoms with van der Waals surface area (Å²) in [5.41, 5.74) is 5.13. The normalized spacial score (nSPS) is 10.9. The summed E-state index contributed by atoms with van der Waals surface area (Å²) >= 11 is 0. The van der Waals surface area contributed by atoms with E-state index in [1.165, 1.54) is 96.3 Å². The molecule has 25 heavy (non-hydrogen) atoms. The maximum atomic E-state index is 10.6. The van der Waals surface area contributed by atoms with Crippen LogP contribution in [0.1, 0.15) is 122 Å². The van der Waals surface area contributed by atoms with Gasteiger partial charge < -0.3 is 11.9 Å². The van der Waals surface area contributed by atoms with Gasteiger partial charge in [0.15, 0.2) is 0 Å². The number of primary amides is 1. The van der Waals surface area contributed by atoms with Gasteiger partial charge in [0.2, 0.25) is 5.91 Å². The molecule has 0 aromatic carbocycles. The maximum Gasteiger partial charge on any atom is 0.217 e. The standard InChI is InChI=1S/C22H43NO.H3N/c1-2-3-4-5-6-7-8-9-10-11-12-13-14-15-16-17-18-19-20-21-22(23)24;/h9-10H,2-8,11-21H2,1H3,(H2,23,24);1H3/b10-9-;. The Morgan fingerprint density at radius 2 is 1.00 bits per heavy atom. The minimum atomic E-state index is -0.156. The maximum absolute atomic E-state index is 10.6. The van der Waals surface area contributed by atoms with Crippen LogP contribution in [0.2, 0.25) is 0 Å². The van der Waals surface area contributed by atoms with Gasteiger partial charge in [-0.25, -0.2) is 0 Å². The van der Waals surface area contributed by atoms with E-state index >= 15 is 0 Å². The number of nitrogens with two attached hydrogens (primary N) is 1. The highest BCUT2D eigenvalue weighted by Crippen LogP contribution is 2.12. The Labute approximate surface area is 157 Å². The van der Waals surface area contributed by atoms with Crippen LogP contribution in [0.4, 0.5) is 0 Å². The van der Waals surface area contributed by atoms with Gasteiger partial charge in [-0.3, -0.25) is 4.79 Å². The van der Waals surface area contributed by atoms with Gasteiger partial charge in [-0.2, -0.15) is 0 Å². The van der Waals surface area contributed by atoms with Crippen molar-refractivity contribution in [3.8, 4) is 0 Å². The predicted octanol–water partition coefficient (Wildman–Crippen LogP) is 7.23. The third-order valence-corrected chi connectivity index (χ3v) is 4.68. The third kappa shape index (κ3) is 25.5. The highest BCUT2D eigenvalue weighted by Gasteiger charge is 1.95. The number of hydrogen-bond donors (Lipinski definition) is 2. The summed E-state index contributed by atoms with van der Waals surface area (Å²) < 4.78 is 0. The summed E-state index contributed by atoms with van der Waals surface area (Å²) in [6.07, 6.45) is 27.8. The Bertz CT molecular complexity index is 290. The minimum Gasteiger partial charge on any atom is -0.370 e. The quantitative estimate of drug-likeness (QED) is 0.189. The van der Waals surface area contributed by atoms with Crippen LogP contribution in [0.25, 0.3) is 0 Å². The van der Waals surface area contributed by atoms with Crippen molar-refractivity contribution < 1.29 is 4.79 Å². The Balaban J connectivity index is 0. The Hall–Kier alpha value is -0.830. The first-order valence-electron chi connectivity index (χ1n) is 10.7. The summed E-state index contributed by atoms with van der Waals surface area (Å²) in [6, 6.07) is 0. The van der Waals surface area contributed by atoms with Gasteiger partial charge in [0.25, 0.3) is 0 Å². The molecular weight excluding hydrogens is 308 g/mol. The van der Waals surface area contributed by atoms with Gasteiger partial charge in [0, 0.05) is 6.42 Å². The van der Waals surface area contributed by atoms with Crippen LogP contribution in [-0.4, -0.2) is 5.91 Å². The molecule has 0 aliphatic rings. The van der Waals surface area contributed by atoms with Gasteiger partial charge in [-0.05, 0) is 32.1 Å². The van der Waals surface area contributed by atoms with Crippen molar-refractivity contribution >= 4 is 5.91 Å². The van der Waals surface area contributed by atoms with E-state index in [1.54, 1.807) is 0 Å². The zero-order valence-corrected chi connectivity index (χ0v) is 17.1. The second-order valence-corrected chi connectivity index (χ2v) is 7.21. The van der Waals surface area contributed by atoms with E-state index in [4.69, 9.17) is 5.73 Å². The highest BCUT2D eigenvalue weighted by molar-refractivity contribution is 5.73. The second-order valence-electron chi connectivity index (χ2n) is 7.21. The smallest absolute Gasteiger partial charge is 0.217 e. The zero-order valence-electron chi connectivity index (χ0n) is 17.1. The zero-order chi connectivity index (χ0) is 17.7. The summed E-state index contributed by atoms with van der Waals surface area (Å²) in [6.45, 7) is 2.28. The minimum absolute atomic E-state index is 0. The lowest BCUT2D eigenvalue weighted by Crippen LogP contribution is -2.09. The largest absolute Gasteiger partial charge is 0.370 e. The van der Waals surface area contributed by atoms with E-state index in [2.05, 4.69) is 19.1 Å². The first kappa shape index (κ1) is 26.4. The van der Waals surface area contributed by atoms with E-state index in [-0.39, 0.29) is 12.1 Å². The molecule has 0 bridgehead atoms. The summed E-state index contributed by atoms with van der Waals surface area (Å²) in [4.78, 5) is 10.6. The van der Waals surface area contributed by atoms with Crippen LogP contribution in [0, 0.1) is 0 Å². The molecule has 0 fully saturated rings. The molecule has 3 heteroatoms. The fourth-order valence-electron chi connectivity index (χ4n) is 3.08. The van der Waals surface area contributed by atoms with E-state index in [9.17, 15) is 4.79 Å². The molecule has 1 amide bonds. The van der Waals surface area contributed by atoms with Crippen LogP contribution in [-0.2, 0) is 4.79 Å². The van der Waals surface area contributed by atoms with E-state index in [0.29, 0.717) is 6.42 Å². The Morgan fingerprint density at radius 1 is 0.640 bits per heavy atom. The Kier molecular flexibility index (Phi) is 24.5. The highest BCUT2D eigenvalue weighted by atomic mass is 16.1. The van der Waals surface area contributed by atoms with Crippen molar-refractivity contribution in [2.45, 2.75) is 122 Å². The van der Waals surface area contributed by atoms with E-state index < -0.39 is 0 Å². The van der Waals surface area contributed by atoms with Crippen LogP contribution >= 0.6 is 0 Å². The molecule has 0 unspecified atom stereocenters. The summed E-state index contributed by atoms with van der Waals surface area (Å²) in [7, 11) is 0. The van der Waals surface area contributed by atoms with E-state index in [1.807, 2.05) is 0 Å². The second kappa shape index (κ2) is 23.2. The molecule has 0 heterocycles. The first-order chi connectivity index (χ1) is 11.8. The molecule has 0 aliphatic heterocycles. The molecule has 0 radical (unpaired) electrons. The lowest BCUT2D eigenvalue weighted by Gasteiger charge is -2.01. The molecule has 0 spiro atoms. The van der Waals surface area contributed by atoms with Gasteiger partial charge >= 0.3 is 0 Å². The van der Waals surface area contributed by atoms with Crippen LogP contribution in [0.5, 0.6) is 0 Å². The SMILES string of the molecule is CCCCCCCC/C=C\CCCCCCCCCCCC(N)=O.N. The van der Waals surface area contributed by atoms with Crippen molar-refractivity contribution in [3.63, 3.8) is 0 Å². The van der Waals surface area contributed by atoms with Crippen LogP contribution in [0.15, 0.2) is 12.2 Å². The third-order valence-electron chi connectivity index (χ3n) is 4.68. The number of unbranched alkanes of at least 4 members (excludes halogenated alkanes) is 15. The number of allylic oxidation sites excluding steroid dienone is 2. The number of hydrogen-bond acceptors (Lipinski definition) is 2. The predicted molar refractivity (Wildman–Crippen MR) is 112 cm³/mol. The lowest BCUT2D eigenvalue weighted by atomic mass is 10.1. The van der Waals surface area contributed by atoms with Gasteiger partial charge in [-0.1, -0.05) is 96.1 Å². The van der Waals surface area contributed by atoms with Gasteiger partial charge in [0.1, 0.15) is 0 Å². The molecule has 0 aromatic heterocycles. The molecule has 5 N–H and O–H groups in total. The number of carbonyl (C=O) groups is 1. The molecule has 0 saturated heterocycles. The van der Waals surface area contributed by atoms with Crippen molar-refractivity contribution in [2.24, 2.45) is 5.73 Å². The average molecular weight is 355 g/mol. The molecule has 0 saturated carbocycles. The van der Waals surface area contributed by atoms with Crippen molar-refractivity contribution in [3.05, 3.63) is 12.2 Å². The molecular formula is C22H46N2O. The van der Waals surface area contributed by atoms with Crippen molar-refractivity contribution in [1.82, 2.24) is 6.15 Å². The number of carbonyl (C=O) groups excluding carboxylic acids is 1. The van der Waals surface area contributed by atoms with Crippen LogP contribution < -0.4 is 11.9 Å². The molecule has 3 nitrogen and oxygen atoms in total. The molecule has 0 rings (SSSR count). The van der Waals surface area contributed by atoms with E-state index in [0.717, 1.165) is 12.8 Å². The molecule has 0 atom stereocenters. The first-order valence-corrected chi connectivity index (χ1v) is 10.7. The Morgan fingerprint density at radius 3 is 1.40 bits per heavy atom. The fraction of sp³-hybridized carbons (Fsp3) is 0.864. The van der Waals surface area contributed by atoms with Crippen molar-refractivity contribution in [1.29, 1.82) is 0 Å². The number of rotatable bonds is 19. The number of amides is 1. The molecule has 150 valence electrons. The monoisotopic (exact) mass is 354 g/mol. The molecule has 0 aliphatic carbocycles. The molecule has 0 aromatic rings. The fourth-order valence-corrected chi connectivity index (χ4v) is 3.08. The lowest BCUT2D eigenvalue weighted by molar-refractivity contribution is -0.118. The van der Waals surface area contributed by atoms with Gasteiger partial charge in [0.05, 0.1) is 0 Å². The average Bonchev–Trinajstić information content (AvgIpc) is 2.56. The van der Waals surface area contributed by atoms with Crippen molar-refractivity contribution in [2.75, 3.05) is 0 Å². The topological polar surface area (TPSA) is 78.1 Å².